The van der Waals surface area contributed by atoms with E-state index in [0.717, 1.165) is 110 Å². The summed E-state index contributed by atoms with van der Waals surface area (Å²) in [6, 6.07) is 83.4. The highest BCUT2D eigenvalue weighted by Gasteiger charge is 2.24. The summed E-state index contributed by atoms with van der Waals surface area (Å²) in [5.74, 6) is 0. The smallest absolute Gasteiger partial charge is 0.265 e. The van der Waals surface area contributed by atoms with Gasteiger partial charge in [-0.1, -0.05) is 170 Å². The molecule has 0 saturated heterocycles. The van der Waals surface area contributed by atoms with Crippen molar-refractivity contribution >= 4 is 65.3 Å². The second-order valence-electron chi connectivity index (χ2n) is 16.8. The summed E-state index contributed by atoms with van der Waals surface area (Å²) in [6.45, 7) is 0. The van der Waals surface area contributed by atoms with Gasteiger partial charge >= 0.3 is 0 Å². The molecule has 10 aromatic carbocycles. The molecule has 13 rings (SSSR count). The fourth-order valence-electron chi connectivity index (χ4n) is 10.3. The molecule has 0 aliphatic rings. The van der Waals surface area contributed by atoms with Gasteiger partial charge < -0.3 is 9.13 Å². The lowest BCUT2D eigenvalue weighted by molar-refractivity contribution is 1.06. The summed E-state index contributed by atoms with van der Waals surface area (Å²) in [5.41, 5.74) is 14.5. The van der Waals surface area contributed by atoms with Gasteiger partial charge in [0, 0.05) is 44.0 Å². The highest BCUT2D eigenvalue weighted by atomic mass is 16.1. The number of hydrogen-bond donors (Lipinski definition) is 0. The van der Waals surface area contributed by atoms with E-state index in [1.54, 1.807) is 0 Å². The molecule has 0 N–H and O–H groups in total. The van der Waals surface area contributed by atoms with Crippen LogP contribution in [0, 0.1) is 0 Å². The topological polar surface area (TPSA) is 31.9 Å². The van der Waals surface area contributed by atoms with Crippen molar-refractivity contribution in [3.63, 3.8) is 0 Å². The third-order valence-corrected chi connectivity index (χ3v) is 13.2. The van der Waals surface area contributed by atoms with E-state index in [1.807, 2.05) is 10.6 Å². The molecule has 65 heavy (non-hydrogen) atoms. The molecule has 4 heteroatoms. The van der Waals surface area contributed by atoms with Crippen LogP contribution in [0.4, 0.5) is 0 Å². The molecule has 0 bridgehead atoms. The van der Waals surface area contributed by atoms with Crippen molar-refractivity contribution in [3.8, 4) is 50.4 Å². The van der Waals surface area contributed by atoms with Crippen molar-refractivity contribution in [1.82, 2.24) is 13.7 Å². The number of fused-ring (bicyclic) bond motifs is 11. The lowest BCUT2D eigenvalue weighted by Gasteiger charge is -2.18. The van der Waals surface area contributed by atoms with Gasteiger partial charge in [0.15, 0.2) is 0 Å². The minimum absolute atomic E-state index is 0.0688. The molecule has 0 amide bonds. The molecule has 3 heterocycles. The average molecular weight is 830 g/mol. The monoisotopic (exact) mass is 829 g/mol. The van der Waals surface area contributed by atoms with E-state index >= 15 is 4.79 Å². The summed E-state index contributed by atoms with van der Waals surface area (Å²) in [4.78, 5) is 16.2. The lowest BCUT2D eigenvalue weighted by Crippen LogP contribution is -2.20. The maximum Gasteiger partial charge on any atom is 0.265 e. The standard InChI is InChI=1S/C61H39N3O/c65-61-57-51(33-34-52-49-25-13-15-27-55(49)62(58(52)57)46-21-9-3-10-22-46)54-36-35-53-50-26-14-16-28-56(50)63(47-23-11-4-12-24-47)59(53)60(54)64(61)48-31-29-42(30-32-48)45-38-43(40-17-5-1-6-18-40)37-44(39-45)41-19-7-2-8-20-41/h1-39H. The number of hydrogen-bond acceptors (Lipinski definition) is 1. The first-order valence-electron chi connectivity index (χ1n) is 22.1. The number of nitrogens with zero attached hydrogens (tertiary/aromatic N) is 3. The average Bonchev–Trinajstić information content (AvgIpc) is 3.91. The fourth-order valence-corrected chi connectivity index (χ4v) is 10.3. The Balaban J connectivity index is 1.15. The van der Waals surface area contributed by atoms with Crippen molar-refractivity contribution in [1.29, 1.82) is 0 Å². The summed E-state index contributed by atoms with van der Waals surface area (Å²) < 4.78 is 6.60. The molecule has 13 aromatic rings. The Morgan fingerprint density at radius 2 is 0.600 bits per heavy atom. The van der Waals surface area contributed by atoms with Crippen LogP contribution >= 0.6 is 0 Å². The zero-order valence-electron chi connectivity index (χ0n) is 35.3. The van der Waals surface area contributed by atoms with Crippen molar-refractivity contribution in [2.24, 2.45) is 0 Å². The number of para-hydroxylation sites is 4. The van der Waals surface area contributed by atoms with Gasteiger partial charge in [0.1, 0.15) is 0 Å². The van der Waals surface area contributed by atoms with Gasteiger partial charge in [0.05, 0.1) is 33.0 Å². The van der Waals surface area contributed by atoms with Crippen molar-refractivity contribution in [3.05, 3.63) is 247 Å². The van der Waals surface area contributed by atoms with E-state index in [2.05, 4.69) is 240 Å². The first kappa shape index (κ1) is 36.9. The van der Waals surface area contributed by atoms with Gasteiger partial charge in [-0.25, -0.2) is 0 Å². The zero-order valence-corrected chi connectivity index (χ0v) is 35.3. The number of rotatable bonds is 6. The van der Waals surface area contributed by atoms with Crippen LogP contribution in [0.5, 0.6) is 0 Å². The van der Waals surface area contributed by atoms with E-state index < -0.39 is 0 Å². The minimum Gasteiger partial charge on any atom is -0.308 e. The largest absolute Gasteiger partial charge is 0.308 e. The molecule has 0 fully saturated rings. The Bertz CT molecular complexity index is 3980. The highest BCUT2D eigenvalue weighted by Crippen LogP contribution is 2.42. The fraction of sp³-hybridized carbons (Fsp3) is 0. The van der Waals surface area contributed by atoms with Crippen molar-refractivity contribution in [2.75, 3.05) is 0 Å². The van der Waals surface area contributed by atoms with E-state index in [0.29, 0.717) is 5.39 Å². The molecule has 0 aliphatic heterocycles. The first-order chi connectivity index (χ1) is 32.2. The molecule has 0 radical (unpaired) electrons. The SMILES string of the molecule is O=c1c2c(ccc3c4ccccc4n(-c4ccccc4)c32)c2ccc3c4ccccc4n(-c4ccccc4)c3c2n1-c1ccc(-c2cc(-c3ccccc3)cc(-c3ccccc3)c2)cc1. The number of aromatic nitrogens is 3. The van der Waals surface area contributed by atoms with Crippen molar-refractivity contribution in [2.45, 2.75) is 0 Å². The van der Waals surface area contributed by atoms with E-state index in [4.69, 9.17) is 0 Å². The van der Waals surface area contributed by atoms with Crippen LogP contribution < -0.4 is 5.56 Å². The van der Waals surface area contributed by atoms with Gasteiger partial charge in [0.2, 0.25) is 0 Å². The van der Waals surface area contributed by atoms with Crippen LogP contribution in [0.2, 0.25) is 0 Å². The van der Waals surface area contributed by atoms with E-state index in [9.17, 15) is 0 Å². The van der Waals surface area contributed by atoms with Crippen LogP contribution in [0.3, 0.4) is 0 Å². The molecule has 304 valence electrons. The van der Waals surface area contributed by atoms with E-state index in [-0.39, 0.29) is 5.56 Å². The predicted molar refractivity (Wildman–Crippen MR) is 272 cm³/mol. The van der Waals surface area contributed by atoms with Crippen LogP contribution in [-0.4, -0.2) is 13.7 Å². The second-order valence-corrected chi connectivity index (χ2v) is 16.8. The molecule has 0 aliphatic carbocycles. The Morgan fingerprint density at radius 3 is 1.11 bits per heavy atom. The van der Waals surface area contributed by atoms with Crippen LogP contribution in [0.15, 0.2) is 241 Å². The first-order valence-corrected chi connectivity index (χ1v) is 22.1. The molecule has 0 atom stereocenters. The molecule has 3 aromatic heterocycles. The molecular weight excluding hydrogens is 791 g/mol. The van der Waals surface area contributed by atoms with Crippen LogP contribution in [-0.2, 0) is 0 Å². The summed E-state index contributed by atoms with van der Waals surface area (Å²) in [7, 11) is 0. The zero-order chi connectivity index (χ0) is 43.0. The Labute approximate surface area is 374 Å². The maximum absolute atomic E-state index is 16.2. The summed E-state index contributed by atoms with van der Waals surface area (Å²) >= 11 is 0. The van der Waals surface area contributed by atoms with Gasteiger partial charge in [-0.2, -0.15) is 0 Å². The molecule has 0 saturated carbocycles. The quantitative estimate of drug-likeness (QED) is 0.154. The van der Waals surface area contributed by atoms with Gasteiger partial charge in [-0.3, -0.25) is 9.36 Å². The summed E-state index contributed by atoms with van der Waals surface area (Å²) in [6.07, 6.45) is 0. The molecule has 4 nitrogen and oxygen atoms in total. The van der Waals surface area contributed by atoms with Gasteiger partial charge in [-0.15, -0.1) is 0 Å². The lowest BCUT2D eigenvalue weighted by atomic mass is 9.93. The normalized spacial score (nSPS) is 11.8. The minimum atomic E-state index is -0.0688. The third-order valence-electron chi connectivity index (χ3n) is 13.2. The number of benzene rings is 10. The highest BCUT2D eigenvalue weighted by molar-refractivity contribution is 6.27. The Morgan fingerprint density at radius 1 is 0.246 bits per heavy atom. The van der Waals surface area contributed by atoms with Gasteiger partial charge in [-0.05, 0) is 105 Å². The molecule has 0 unspecified atom stereocenters. The Hall–Kier alpha value is -8.73. The summed E-state index contributed by atoms with van der Waals surface area (Å²) in [5, 5.41) is 6.98. The molecule has 0 spiro atoms. The number of pyridine rings is 1. The van der Waals surface area contributed by atoms with Gasteiger partial charge in [0.25, 0.3) is 5.56 Å². The Kier molecular flexibility index (Phi) is 8.33. The maximum atomic E-state index is 16.2. The second kappa shape index (κ2) is 14.7. The van der Waals surface area contributed by atoms with Crippen LogP contribution in [0.1, 0.15) is 0 Å². The van der Waals surface area contributed by atoms with Crippen molar-refractivity contribution < 1.29 is 0 Å². The van der Waals surface area contributed by atoms with Crippen LogP contribution in [0.25, 0.3) is 116 Å². The van der Waals surface area contributed by atoms with E-state index in [1.165, 1.54) is 0 Å². The third kappa shape index (κ3) is 5.74. The predicted octanol–water partition coefficient (Wildman–Crippen LogP) is 15.3. The molecular formula is C61H39N3O.